The number of amides is 1. The van der Waals surface area contributed by atoms with E-state index < -0.39 is 11.7 Å². The van der Waals surface area contributed by atoms with Gasteiger partial charge in [-0.25, -0.2) is 4.39 Å². The Hall–Kier alpha value is -1.88. The van der Waals surface area contributed by atoms with Crippen LogP contribution in [0, 0.1) is 19.7 Å². The summed E-state index contributed by atoms with van der Waals surface area (Å²) in [5.41, 5.74) is 2.00. The molecular formula is C15H13BrFNO2. The number of carbonyl (C=O) groups is 1. The van der Waals surface area contributed by atoms with Gasteiger partial charge in [0, 0.05) is 15.7 Å². The fourth-order valence-electron chi connectivity index (χ4n) is 1.83. The molecule has 0 fully saturated rings. The Bertz CT molecular complexity index is 686. The number of carbonyl (C=O) groups excluding carboxylic acids is 1. The molecule has 0 aliphatic carbocycles. The maximum atomic E-state index is 13.2. The molecule has 2 rings (SSSR count). The SMILES string of the molecule is Cc1ccc(NC(=O)c2cc(F)ccc2Br)c(C)c1O. The van der Waals surface area contributed by atoms with E-state index in [2.05, 4.69) is 21.2 Å². The van der Waals surface area contributed by atoms with Crippen LogP contribution >= 0.6 is 15.9 Å². The van der Waals surface area contributed by atoms with Gasteiger partial charge in [-0.1, -0.05) is 6.07 Å². The second kappa shape index (κ2) is 5.63. The number of hydrogen-bond acceptors (Lipinski definition) is 2. The number of phenolic OH excluding ortho intramolecular Hbond substituents is 1. The van der Waals surface area contributed by atoms with Gasteiger partial charge in [-0.15, -0.1) is 0 Å². The molecule has 0 heterocycles. The fourth-order valence-corrected chi connectivity index (χ4v) is 2.26. The van der Waals surface area contributed by atoms with Gasteiger partial charge in [-0.3, -0.25) is 4.79 Å². The summed E-state index contributed by atoms with van der Waals surface area (Å²) >= 11 is 3.21. The zero-order chi connectivity index (χ0) is 14.9. The second-order valence-corrected chi connectivity index (χ2v) is 5.34. The molecule has 2 aromatic carbocycles. The number of phenols is 1. The minimum atomic E-state index is -0.484. The molecule has 0 unspecified atom stereocenters. The summed E-state index contributed by atoms with van der Waals surface area (Å²) in [6, 6.07) is 7.31. The van der Waals surface area contributed by atoms with E-state index >= 15 is 0 Å². The molecule has 0 aliphatic rings. The van der Waals surface area contributed by atoms with Gasteiger partial charge in [0.15, 0.2) is 0 Å². The Morgan fingerprint density at radius 2 is 1.95 bits per heavy atom. The number of halogens is 2. The first-order chi connectivity index (χ1) is 9.40. The van der Waals surface area contributed by atoms with Crippen molar-refractivity contribution >= 4 is 27.5 Å². The van der Waals surface area contributed by atoms with E-state index in [0.29, 0.717) is 15.7 Å². The first-order valence-corrected chi connectivity index (χ1v) is 6.75. The third kappa shape index (κ3) is 2.82. The van der Waals surface area contributed by atoms with Crippen molar-refractivity contribution in [2.45, 2.75) is 13.8 Å². The van der Waals surface area contributed by atoms with Crippen LogP contribution in [0.15, 0.2) is 34.8 Å². The van der Waals surface area contributed by atoms with E-state index in [1.807, 2.05) is 0 Å². The molecule has 3 nitrogen and oxygen atoms in total. The van der Waals surface area contributed by atoms with Crippen molar-refractivity contribution in [3.8, 4) is 5.75 Å². The van der Waals surface area contributed by atoms with Crippen molar-refractivity contribution in [2.75, 3.05) is 5.32 Å². The number of aryl methyl sites for hydroxylation is 1. The second-order valence-electron chi connectivity index (χ2n) is 4.48. The van der Waals surface area contributed by atoms with Gasteiger partial charge >= 0.3 is 0 Å². The molecule has 1 amide bonds. The van der Waals surface area contributed by atoms with E-state index in [-0.39, 0.29) is 11.3 Å². The average molecular weight is 338 g/mol. The third-order valence-electron chi connectivity index (χ3n) is 3.05. The van der Waals surface area contributed by atoms with Gasteiger partial charge in [0.25, 0.3) is 5.91 Å². The van der Waals surface area contributed by atoms with Crippen LogP contribution in [0.1, 0.15) is 21.5 Å². The van der Waals surface area contributed by atoms with Gasteiger partial charge in [0.1, 0.15) is 11.6 Å². The zero-order valence-corrected chi connectivity index (χ0v) is 12.6. The zero-order valence-electron chi connectivity index (χ0n) is 11.0. The lowest BCUT2D eigenvalue weighted by Crippen LogP contribution is -2.13. The molecule has 0 atom stereocenters. The molecule has 0 saturated carbocycles. The summed E-state index contributed by atoms with van der Waals surface area (Å²) in [6.45, 7) is 3.48. The lowest BCUT2D eigenvalue weighted by atomic mass is 10.1. The molecule has 2 N–H and O–H groups in total. The highest BCUT2D eigenvalue weighted by molar-refractivity contribution is 9.10. The number of hydrogen-bond donors (Lipinski definition) is 2. The quantitative estimate of drug-likeness (QED) is 0.864. The summed E-state index contributed by atoms with van der Waals surface area (Å²) in [4.78, 5) is 12.1. The molecule has 0 saturated heterocycles. The van der Waals surface area contributed by atoms with Crippen molar-refractivity contribution in [3.05, 3.63) is 57.3 Å². The van der Waals surface area contributed by atoms with E-state index in [0.717, 1.165) is 11.6 Å². The average Bonchev–Trinajstić information content (AvgIpc) is 2.42. The van der Waals surface area contributed by atoms with Crippen LogP contribution < -0.4 is 5.32 Å². The summed E-state index contributed by atoms with van der Waals surface area (Å²) < 4.78 is 13.7. The summed E-state index contributed by atoms with van der Waals surface area (Å²) in [6.07, 6.45) is 0. The first-order valence-electron chi connectivity index (χ1n) is 5.95. The molecule has 0 aromatic heterocycles. The van der Waals surface area contributed by atoms with Crippen molar-refractivity contribution in [1.82, 2.24) is 0 Å². The van der Waals surface area contributed by atoms with Gasteiger partial charge in [-0.2, -0.15) is 0 Å². The van der Waals surface area contributed by atoms with Crippen LogP contribution in [0.5, 0.6) is 5.75 Å². The van der Waals surface area contributed by atoms with Crippen molar-refractivity contribution in [2.24, 2.45) is 0 Å². The molecule has 5 heteroatoms. The Labute approximate surface area is 124 Å². The van der Waals surface area contributed by atoms with Crippen molar-refractivity contribution < 1.29 is 14.3 Å². The fraction of sp³-hybridized carbons (Fsp3) is 0.133. The number of aromatic hydroxyl groups is 1. The van der Waals surface area contributed by atoms with Crippen molar-refractivity contribution in [1.29, 1.82) is 0 Å². The molecule has 104 valence electrons. The smallest absolute Gasteiger partial charge is 0.256 e. The Balaban J connectivity index is 2.33. The standard InChI is InChI=1S/C15H13BrFNO2/c1-8-3-6-13(9(2)14(8)19)18-15(20)11-7-10(17)4-5-12(11)16/h3-7,19H,1-2H3,(H,18,20). The predicted molar refractivity (Wildman–Crippen MR) is 79.6 cm³/mol. The number of benzene rings is 2. The van der Waals surface area contributed by atoms with E-state index in [4.69, 9.17) is 0 Å². The van der Waals surface area contributed by atoms with Crippen LogP contribution in [0.4, 0.5) is 10.1 Å². The highest BCUT2D eigenvalue weighted by atomic mass is 79.9. The first kappa shape index (κ1) is 14.5. The maximum absolute atomic E-state index is 13.2. The summed E-state index contributed by atoms with van der Waals surface area (Å²) in [5.74, 6) is -0.786. The topological polar surface area (TPSA) is 49.3 Å². The number of rotatable bonds is 2. The number of nitrogens with one attached hydrogen (secondary N) is 1. The summed E-state index contributed by atoms with van der Waals surface area (Å²) in [5, 5.41) is 12.5. The van der Waals surface area contributed by atoms with Gasteiger partial charge in [0.05, 0.1) is 5.56 Å². The normalized spacial score (nSPS) is 10.4. The molecule has 20 heavy (non-hydrogen) atoms. The highest BCUT2D eigenvalue weighted by Gasteiger charge is 2.14. The lowest BCUT2D eigenvalue weighted by Gasteiger charge is -2.12. The summed E-state index contributed by atoms with van der Waals surface area (Å²) in [7, 11) is 0. The predicted octanol–water partition coefficient (Wildman–Crippen LogP) is 4.16. The van der Waals surface area contributed by atoms with E-state index in [1.165, 1.54) is 12.1 Å². The molecular weight excluding hydrogens is 325 g/mol. The minimum absolute atomic E-state index is 0.140. The van der Waals surface area contributed by atoms with E-state index in [1.54, 1.807) is 26.0 Å². The Kier molecular flexibility index (Phi) is 4.09. The van der Waals surface area contributed by atoms with Crippen LogP contribution in [0.25, 0.3) is 0 Å². The van der Waals surface area contributed by atoms with Crippen molar-refractivity contribution in [3.63, 3.8) is 0 Å². The Morgan fingerprint density at radius 1 is 1.25 bits per heavy atom. The van der Waals surface area contributed by atoms with Crippen LogP contribution in [-0.2, 0) is 0 Å². The van der Waals surface area contributed by atoms with Crippen LogP contribution in [-0.4, -0.2) is 11.0 Å². The van der Waals surface area contributed by atoms with Gasteiger partial charge in [0.2, 0.25) is 0 Å². The largest absolute Gasteiger partial charge is 0.507 e. The minimum Gasteiger partial charge on any atom is -0.507 e. The number of anilines is 1. The molecule has 2 aromatic rings. The maximum Gasteiger partial charge on any atom is 0.256 e. The molecule has 0 radical (unpaired) electrons. The van der Waals surface area contributed by atoms with Gasteiger partial charge < -0.3 is 10.4 Å². The third-order valence-corrected chi connectivity index (χ3v) is 3.75. The molecule has 0 bridgehead atoms. The monoisotopic (exact) mass is 337 g/mol. The lowest BCUT2D eigenvalue weighted by molar-refractivity contribution is 0.102. The highest BCUT2D eigenvalue weighted by Crippen LogP contribution is 2.29. The molecule has 0 spiro atoms. The van der Waals surface area contributed by atoms with Gasteiger partial charge in [-0.05, 0) is 59.6 Å². The van der Waals surface area contributed by atoms with E-state index in [9.17, 15) is 14.3 Å². The van der Waals surface area contributed by atoms with Crippen LogP contribution in [0.3, 0.4) is 0 Å². The van der Waals surface area contributed by atoms with Crippen LogP contribution in [0.2, 0.25) is 0 Å². The molecule has 0 aliphatic heterocycles. The Morgan fingerprint density at radius 3 is 2.65 bits per heavy atom.